The second-order valence-electron chi connectivity index (χ2n) is 6.29. The number of halogens is 2. The van der Waals surface area contributed by atoms with E-state index in [1.165, 1.54) is 24.0 Å². The van der Waals surface area contributed by atoms with Gasteiger partial charge in [0.2, 0.25) is 0 Å². The van der Waals surface area contributed by atoms with Crippen LogP contribution in [0.1, 0.15) is 42.1 Å². The number of carboxylic acid groups (broad SMARTS) is 1. The molecular weight excluding hydrogens is 320 g/mol. The summed E-state index contributed by atoms with van der Waals surface area (Å²) in [6, 6.07) is 2.51. The molecule has 1 aliphatic rings. The monoisotopic (exact) mass is 341 g/mol. The molecule has 2 N–H and O–H groups in total. The number of β-amino-alcohol motifs (C(OH)–C–C–N with tert-alkyl or cyclic N) is 1. The maximum atomic E-state index is 14.0. The number of aliphatic carboxylic acids is 1. The molecule has 0 unspecified atom stereocenters. The van der Waals surface area contributed by atoms with Crippen molar-refractivity contribution in [2.75, 3.05) is 13.1 Å². The number of carbonyl (C=O) groups is 2. The Balaban J connectivity index is 2.23. The predicted octanol–water partition coefficient (Wildman–Crippen LogP) is 2.35. The van der Waals surface area contributed by atoms with E-state index >= 15 is 0 Å². The van der Waals surface area contributed by atoms with Gasteiger partial charge in [0.1, 0.15) is 0 Å². The van der Waals surface area contributed by atoms with E-state index in [0.717, 1.165) is 0 Å². The second-order valence-corrected chi connectivity index (χ2v) is 6.29. The van der Waals surface area contributed by atoms with E-state index < -0.39 is 40.6 Å². The number of hydrogen-bond acceptors (Lipinski definition) is 3. The van der Waals surface area contributed by atoms with Crippen molar-refractivity contribution in [2.45, 2.75) is 39.2 Å². The van der Waals surface area contributed by atoms with E-state index in [4.69, 9.17) is 0 Å². The number of carboxylic acids is 1. The molecule has 2 rings (SSSR count). The van der Waals surface area contributed by atoms with Gasteiger partial charge in [0.25, 0.3) is 5.91 Å². The van der Waals surface area contributed by atoms with Gasteiger partial charge in [-0.1, -0.05) is 19.4 Å². The molecule has 0 radical (unpaired) electrons. The van der Waals surface area contributed by atoms with Crippen LogP contribution in [0.4, 0.5) is 8.78 Å². The topological polar surface area (TPSA) is 77.8 Å². The number of piperidine rings is 1. The number of hydrogen-bond donors (Lipinski definition) is 2. The Bertz CT molecular complexity index is 664. The van der Waals surface area contributed by atoms with Crippen LogP contribution in [0, 0.1) is 24.0 Å². The summed E-state index contributed by atoms with van der Waals surface area (Å²) in [5.74, 6) is -4.15. The van der Waals surface area contributed by atoms with Gasteiger partial charge in [0, 0.05) is 13.1 Å². The average molecular weight is 341 g/mol. The van der Waals surface area contributed by atoms with Crippen LogP contribution < -0.4 is 0 Å². The molecule has 1 aromatic carbocycles. The molecule has 1 fully saturated rings. The summed E-state index contributed by atoms with van der Waals surface area (Å²) in [5, 5.41) is 19.8. The summed E-state index contributed by atoms with van der Waals surface area (Å²) in [6.07, 6.45) is -0.321. The minimum absolute atomic E-state index is 0.0666. The molecule has 0 bridgehead atoms. The van der Waals surface area contributed by atoms with Crippen LogP contribution in [0.3, 0.4) is 0 Å². The number of amides is 1. The fraction of sp³-hybridized carbons (Fsp3) is 0.529. The molecule has 0 spiro atoms. The maximum Gasteiger partial charge on any atom is 0.312 e. The van der Waals surface area contributed by atoms with Crippen LogP contribution in [0.2, 0.25) is 0 Å². The maximum absolute atomic E-state index is 14.0. The molecular formula is C17H21F2NO4. The Hall–Kier alpha value is -2.02. The zero-order chi connectivity index (χ0) is 18.1. The summed E-state index contributed by atoms with van der Waals surface area (Å²) in [5.41, 5.74) is -1.62. The van der Waals surface area contributed by atoms with Crippen LogP contribution >= 0.6 is 0 Å². The number of nitrogens with zero attached hydrogens (tertiary/aromatic N) is 1. The molecule has 2 atom stereocenters. The Morgan fingerprint density at radius 3 is 2.54 bits per heavy atom. The molecule has 1 amide bonds. The SMILES string of the molecule is CCC[C@]1(C(=O)O)CCN(C(=O)c2ccc(C)c(F)c2F)C[C@@H]1O. The number of aliphatic hydroxyl groups is 1. The van der Waals surface area contributed by atoms with Crippen LogP contribution in [-0.2, 0) is 4.79 Å². The zero-order valence-electron chi connectivity index (χ0n) is 13.7. The number of aliphatic hydroxyl groups excluding tert-OH is 1. The van der Waals surface area contributed by atoms with E-state index in [1.54, 1.807) is 0 Å². The number of rotatable bonds is 4. The molecule has 1 saturated heterocycles. The minimum atomic E-state index is -1.30. The highest BCUT2D eigenvalue weighted by Crippen LogP contribution is 2.37. The van der Waals surface area contributed by atoms with Crippen molar-refractivity contribution >= 4 is 11.9 Å². The lowest BCUT2D eigenvalue weighted by molar-refractivity contribution is -0.162. The molecule has 0 aliphatic carbocycles. The highest BCUT2D eigenvalue weighted by molar-refractivity contribution is 5.95. The van der Waals surface area contributed by atoms with Crippen LogP contribution in [-0.4, -0.2) is 46.2 Å². The normalized spacial score (nSPS) is 24.0. The van der Waals surface area contributed by atoms with Gasteiger partial charge in [-0.3, -0.25) is 9.59 Å². The zero-order valence-corrected chi connectivity index (χ0v) is 13.7. The molecule has 24 heavy (non-hydrogen) atoms. The van der Waals surface area contributed by atoms with E-state index in [0.29, 0.717) is 12.8 Å². The smallest absolute Gasteiger partial charge is 0.312 e. The van der Waals surface area contributed by atoms with Gasteiger partial charge in [-0.05, 0) is 31.4 Å². The third-order valence-corrected chi connectivity index (χ3v) is 4.77. The fourth-order valence-electron chi connectivity index (χ4n) is 3.24. The number of benzene rings is 1. The molecule has 0 aromatic heterocycles. The predicted molar refractivity (Wildman–Crippen MR) is 82.6 cm³/mol. The Kier molecular flexibility index (Phi) is 5.22. The largest absolute Gasteiger partial charge is 0.481 e. The van der Waals surface area contributed by atoms with Crippen LogP contribution in [0.25, 0.3) is 0 Å². The van der Waals surface area contributed by atoms with Gasteiger partial charge in [0.05, 0.1) is 17.1 Å². The van der Waals surface area contributed by atoms with Gasteiger partial charge in [-0.2, -0.15) is 0 Å². The van der Waals surface area contributed by atoms with Crippen LogP contribution in [0.5, 0.6) is 0 Å². The van der Waals surface area contributed by atoms with E-state index in [2.05, 4.69) is 0 Å². The molecule has 1 heterocycles. The van der Waals surface area contributed by atoms with Gasteiger partial charge in [0.15, 0.2) is 11.6 Å². The number of likely N-dealkylation sites (tertiary alicyclic amines) is 1. The number of carbonyl (C=O) groups excluding carboxylic acids is 1. The van der Waals surface area contributed by atoms with Crippen molar-refractivity contribution in [3.8, 4) is 0 Å². The summed E-state index contributed by atoms with van der Waals surface area (Å²) in [6.45, 7) is 3.06. The van der Waals surface area contributed by atoms with Crippen molar-refractivity contribution in [2.24, 2.45) is 5.41 Å². The lowest BCUT2D eigenvalue weighted by Crippen LogP contribution is -2.56. The van der Waals surface area contributed by atoms with Crippen molar-refractivity contribution in [3.05, 3.63) is 34.9 Å². The molecule has 0 saturated carbocycles. The Labute approximate surface area is 138 Å². The molecule has 5 nitrogen and oxygen atoms in total. The lowest BCUT2D eigenvalue weighted by atomic mass is 9.72. The molecule has 1 aliphatic heterocycles. The Morgan fingerprint density at radius 2 is 2.00 bits per heavy atom. The second kappa shape index (κ2) is 6.84. The van der Waals surface area contributed by atoms with Crippen molar-refractivity contribution in [1.29, 1.82) is 0 Å². The summed E-state index contributed by atoms with van der Waals surface area (Å²) >= 11 is 0. The van der Waals surface area contributed by atoms with Crippen molar-refractivity contribution < 1.29 is 28.6 Å². The summed E-state index contributed by atoms with van der Waals surface area (Å²) < 4.78 is 27.6. The highest BCUT2D eigenvalue weighted by atomic mass is 19.2. The minimum Gasteiger partial charge on any atom is -0.481 e. The number of aryl methyl sites for hydroxylation is 1. The van der Waals surface area contributed by atoms with Gasteiger partial charge in [-0.25, -0.2) is 8.78 Å². The van der Waals surface area contributed by atoms with E-state index in [1.807, 2.05) is 6.92 Å². The highest BCUT2D eigenvalue weighted by Gasteiger charge is 2.48. The summed E-state index contributed by atoms with van der Waals surface area (Å²) in [4.78, 5) is 25.2. The summed E-state index contributed by atoms with van der Waals surface area (Å²) in [7, 11) is 0. The quantitative estimate of drug-likeness (QED) is 0.881. The van der Waals surface area contributed by atoms with E-state index in [-0.39, 0.29) is 25.1 Å². The first kappa shape index (κ1) is 18.3. The molecule has 132 valence electrons. The van der Waals surface area contributed by atoms with Gasteiger partial charge >= 0.3 is 5.97 Å². The molecule has 7 heteroatoms. The first-order valence-electron chi connectivity index (χ1n) is 7.90. The average Bonchev–Trinajstić information content (AvgIpc) is 2.54. The third kappa shape index (κ3) is 3.00. The van der Waals surface area contributed by atoms with Crippen molar-refractivity contribution in [1.82, 2.24) is 4.90 Å². The fourth-order valence-corrected chi connectivity index (χ4v) is 3.24. The standard InChI is InChI=1S/C17H21F2NO4/c1-3-6-17(16(23)24)7-8-20(9-12(17)21)15(22)11-5-4-10(2)13(18)14(11)19/h4-5,12,21H,3,6-9H2,1-2H3,(H,23,24)/t12-,17-/m0/s1. The first-order valence-corrected chi connectivity index (χ1v) is 7.90. The lowest BCUT2D eigenvalue weighted by Gasteiger charge is -2.42. The first-order chi connectivity index (χ1) is 11.2. The van der Waals surface area contributed by atoms with Crippen LogP contribution in [0.15, 0.2) is 12.1 Å². The third-order valence-electron chi connectivity index (χ3n) is 4.77. The molecule has 1 aromatic rings. The Morgan fingerprint density at radius 1 is 1.33 bits per heavy atom. The van der Waals surface area contributed by atoms with Gasteiger partial charge in [-0.15, -0.1) is 0 Å². The van der Waals surface area contributed by atoms with Crippen molar-refractivity contribution in [3.63, 3.8) is 0 Å². The van der Waals surface area contributed by atoms with E-state index in [9.17, 15) is 28.6 Å². The van der Waals surface area contributed by atoms with Gasteiger partial charge < -0.3 is 15.1 Å².